The van der Waals surface area contributed by atoms with Crippen LogP contribution in [0.25, 0.3) is 0 Å². The molecule has 3 rings (SSSR count). The lowest BCUT2D eigenvalue weighted by molar-refractivity contribution is -0.125. The molecule has 1 heterocycles. The van der Waals surface area contributed by atoms with Gasteiger partial charge in [-0.1, -0.05) is 17.3 Å². The summed E-state index contributed by atoms with van der Waals surface area (Å²) in [6.45, 7) is 0. The summed E-state index contributed by atoms with van der Waals surface area (Å²) >= 11 is 0. The van der Waals surface area contributed by atoms with E-state index < -0.39 is 29.6 Å². The third-order valence-electron chi connectivity index (χ3n) is 3.76. The van der Waals surface area contributed by atoms with Crippen LogP contribution in [0.1, 0.15) is 22.3 Å². The van der Waals surface area contributed by atoms with E-state index in [1.807, 2.05) is 0 Å². The number of benzene rings is 2. The number of halogens is 2. The lowest BCUT2D eigenvalue weighted by Crippen LogP contribution is -2.28. The molecule has 0 fully saturated rings. The minimum atomic E-state index is -0.917. The van der Waals surface area contributed by atoms with E-state index in [-0.39, 0.29) is 17.7 Å². The lowest BCUT2D eigenvalue weighted by atomic mass is 10.0. The Kier molecular flexibility index (Phi) is 4.92. The highest BCUT2D eigenvalue weighted by Crippen LogP contribution is 2.20. The van der Waals surface area contributed by atoms with E-state index in [4.69, 9.17) is 4.84 Å². The van der Waals surface area contributed by atoms with Crippen molar-refractivity contribution in [3.8, 4) is 0 Å². The fourth-order valence-corrected chi connectivity index (χ4v) is 2.45. The Bertz CT molecular complexity index is 899. The summed E-state index contributed by atoms with van der Waals surface area (Å²) in [6, 6.07) is 9.32. The second-order valence-electron chi connectivity index (χ2n) is 5.52. The van der Waals surface area contributed by atoms with Crippen LogP contribution >= 0.6 is 0 Å². The number of nitrogens with zero attached hydrogens (tertiary/aromatic N) is 1. The molecule has 2 aromatic carbocycles. The minimum Gasteiger partial charge on any atom is -0.465 e. The monoisotopic (exact) mass is 360 g/mol. The zero-order valence-corrected chi connectivity index (χ0v) is 13.7. The molecule has 0 aromatic heterocycles. The molecule has 0 radical (unpaired) electrons. The van der Waals surface area contributed by atoms with Gasteiger partial charge < -0.3 is 14.9 Å². The van der Waals surface area contributed by atoms with Gasteiger partial charge in [0.15, 0.2) is 0 Å². The molecular formula is C18H14F2N2O4. The van der Waals surface area contributed by atoms with Crippen molar-refractivity contribution >= 4 is 23.3 Å². The zero-order chi connectivity index (χ0) is 18.7. The van der Waals surface area contributed by atoms with Gasteiger partial charge in [0.25, 0.3) is 5.91 Å². The molecule has 0 unspecified atom stereocenters. The van der Waals surface area contributed by atoms with Gasteiger partial charge in [-0.15, -0.1) is 0 Å². The predicted octanol–water partition coefficient (Wildman–Crippen LogP) is 2.88. The molecule has 0 spiro atoms. The molecule has 1 aliphatic rings. The Labute approximate surface area is 147 Å². The standard InChI is InChI=1S/C18H14F2N2O4/c1-25-18(24)13-8-12(5-6-14(13)20)21-17(23)16-9-15(22-26-16)10-3-2-4-11(19)7-10/h2-8,16H,9H2,1H3,(H,21,23)/t16-/m1/s1. The van der Waals surface area contributed by atoms with E-state index in [0.717, 1.165) is 13.2 Å². The average Bonchev–Trinajstić information content (AvgIpc) is 3.13. The molecule has 2 aromatic rings. The smallest absolute Gasteiger partial charge is 0.340 e. The maximum absolute atomic E-state index is 13.6. The highest BCUT2D eigenvalue weighted by molar-refractivity contribution is 6.06. The number of methoxy groups -OCH3 is 1. The molecular weight excluding hydrogens is 346 g/mol. The van der Waals surface area contributed by atoms with Crippen LogP contribution in [0.4, 0.5) is 14.5 Å². The predicted molar refractivity (Wildman–Crippen MR) is 88.8 cm³/mol. The van der Waals surface area contributed by atoms with Gasteiger partial charge in [0, 0.05) is 17.7 Å². The van der Waals surface area contributed by atoms with Crippen LogP contribution in [-0.2, 0) is 14.4 Å². The average molecular weight is 360 g/mol. The second kappa shape index (κ2) is 7.30. The molecule has 8 heteroatoms. The normalized spacial score (nSPS) is 15.8. The van der Waals surface area contributed by atoms with E-state index in [1.54, 1.807) is 6.07 Å². The fraction of sp³-hybridized carbons (Fsp3) is 0.167. The van der Waals surface area contributed by atoms with Crippen molar-refractivity contribution in [1.29, 1.82) is 0 Å². The van der Waals surface area contributed by atoms with Gasteiger partial charge in [0.2, 0.25) is 6.10 Å². The highest BCUT2D eigenvalue weighted by Gasteiger charge is 2.29. The van der Waals surface area contributed by atoms with Crippen LogP contribution in [0.2, 0.25) is 0 Å². The first-order valence-corrected chi connectivity index (χ1v) is 7.65. The Morgan fingerprint density at radius 1 is 1.23 bits per heavy atom. The van der Waals surface area contributed by atoms with Crippen molar-refractivity contribution in [1.82, 2.24) is 0 Å². The number of ether oxygens (including phenoxy) is 1. The number of amides is 1. The number of nitrogens with one attached hydrogen (secondary N) is 1. The Balaban J connectivity index is 1.68. The molecule has 0 bridgehead atoms. The molecule has 0 saturated heterocycles. The molecule has 1 amide bonds. The van der Waals surface area contributed by atoms with Crippen molar-refractivity contribution in [2.24, 2.45) is 5.16 Å². The number of anilines is 1. The van der Waals surface area contributed by atoms with E-state index in [1.165, 1.54) is 30.3 Å². The topological polar surface area (TPSA) is 77.0 Å². The summed E-state index contributed by atoms with van der Waals surface area (Å²) < 4.78 is 31.4. The first-order chi connectivity index (χ1) is 12.5. The van der Waals surface area contributed by atoms with Crippen molar-refractivity contribution in [2.75, 3.05) is 12.4 Å². The van der Waals surface area contributed by atoms with Crippen molar-refractivity contribution in [3.05, 3.63) is 65.2 Å². The van der Waals surface area contributed by atoms with Crippen LogP contribution in [0.3, 0.4) is 0 Å². The first-order valence-electron chi connectivity index (χ1n) is 7.65. The quantitative estimate of drug-likeness (QED) is 0.851. The van der Waals surface area contributed by atoms with Crippen LogP contribution < -0.4 is 5.32 Å². The summed E-state index contributed by atoms with van der Waals surface area (Å²) in [6.07, 6.45) is -0.764. The van der Waals surface area contributed by atoms with E-state index in [2.05, 4.69) is 15.2 Å². The number of oxime groups is 1. The molecule has 1 N–H and O–H groups in total. The van der Waals surface area contributed by atoms with E-state index in [9.17, 15) is 18.4 Å². The summed E-state index contributed by atoms with van der Waals surface area (Å²) in [7, 11) is 1.13. The van der Waals surface area contributed by atoms with Gasteiger partial charge in [-0.2, -0.15) is 0 Å². The highest BCUT2D eigenvalue weighted by atomic mass is 19.1. The molecule has 0 saturated carbocycles. The van der Waals surface area contributed by atoms with Crippen LogP contribution in [-0.4, -0.2) is 30.8 Å². The number of rotatable bonds is 4. The van der Waals surface area contributed by atoms with Crippen LogP contribution in [0, 0.1) is 11.6 Å². The van der Waals surface area contributed by atoms with Crippen molar-refractivity contribution < 1.29 is 27.9 Å². The maximum Gasteiger partial charge on any atom is 0.340 e. The third-order valence-corrected chi connectivity index (χ3v) is 3.76. The number of carbonyl (C=O) groups excluding carboxylic acids is 2. The molecule has 1 atom stereocenters. The lowest BCUT2D eigenvalue weighted by Gasteiger charge is -2.10. The SMILES string of the molecule is COC(=O)c1cc(NC(=O)[C@H]2CC(c3cccc(F)c3)=NO2)ccc1F. The summed E-state index contributed by atoms with van der Waals surface area (Å²) in [5, 5.41) is 6.35. The van der Waals surface area contributed by atoms with Gasteiger partial charge in [-0.05, 0) is 30.3 Å². The van der Waals surface area contributed by atoms with Crippen LogP contribution in [0.5, 0.6) is 0 Å². The maximum atomic E-state index is 13.6. The summed E-state index contributed by atoms with van der Waals surface area (Å²) in [4.78, 5) is 28.9. The van der Waals surface area contributed by atoms with Gasteiger partial charge in [-0.25, -0.2) is 13.6 Å². The van der Waals surface area contributed by atoms with Gasteiger partial charge >= 0.3 is 5.97 Å². The number of carbonyl (C=O) groups is 2. The Hall–Kier alpha value is -3.29. The molecule has 6 nitrogen and oxygen atoms in total. The summed E-state index contributed by atoms with van der Waals surface area (Å²) in [5.41, 5.74) is 0.878. The molecule has 134 valence electrons. The number of esters is 1. The summed E-state index contributed by atoms with van der Waals surface area (Å²) in [5.74, 6) is -2.56. The molecule has 26 heavy (non-hydrogen) atoms. The Morgan fingerprint density at radius 3 is 2.77 bits per heavy atom. The van der Waals surface area contributed by atoms with E-state index in [0.29, 0.717) is 11.3 Å². The Morgan fingerprint density at radius 2 is 2.04 bits per heavy atom. The van der Waals surface area contributed by atoms with Gasteiger partial charge in [0.1, 0.15) is 11.6 Å². The molecule has 1 aliphatic heterocycles. The minimum absolute atomic E-state index is 0.153. The fourth-order valence-electron chi connectivity index (χ4n) is 2.45. The van der Waals surface area contributed by atoms with Crippen molar-refractivity contribution in [2.45, 2.75) is 12.5 Å². The number of hydrogen-bond donors (Lipinski definition) is 1. The van der Waals surface area contributed by atoms with Crippen molar-refractivity contribution in [3.63, 3.8) is 0 Å². The second-order valence-corrected chi connectivity index (χ2v) is 5.52. The van der Waals surface area contributed by atoms with Gasteiger partial charge in [0.05, 0.1) is 18.4 Å². The van der Waals surface area contributed by atoms with Crippen LogP contribution in [0.15, 0.2) is 47.6 Å². The van der Waals surface area contributed by atoms with E-state index >= 15 is 0 Å². The molecule has 0 aliphatic carbocycles. The number of hydrogen-bond acceptors (Lipinski definition) is 5. The first kappa shape index (κ1) is 17.5. The van der Waals surface area contributed by atoms with Gasteiger partial charge in [-0.3, -0.25) is 4.79 Å². The third kappa shape index (κ3) is 3.69. The largest absolute Gasteiger partial charge is 0.465 e. The zero-order valence-electron chi connectivity index (χ0n) is 13.7.